The molecule has 1 atom stereocenters. The number of hydrazine groups is 1. The Bertz CT molecular complexity index is 595. The molecule has 0 aliphatic carbocycles. The van der Waals surface area contributed by atoms with Gasteiger partial charge in [0.25, 0.3) is 0 Å². The van der Waals surface area contributed by atoms with E-state index in [4.69, 9.17) is 29.0 Å². The number of aromatic nitrogens is 2. The van der Waals surface area contributed by atoms with Crippen LogP contribution < -0.4 is 11.3 Å². The van der Waals surface area contributed by atoms with Gasteiger partial charge in [0.1, 0.15) is 0 Å². The standard InChI is InChI=1S/C14H18Cl2N4/c1-3-13-11(8-20(2)19-13)14(18-17)6-9-4-5-10(15)7-12(9)16/h4-5,7-8,14,18H,3,6,17H2,1-2H3. The average molecular weight is 313 g/mol. The van der Waals surface area contributed by atoms with Gasteiger partial charge in [0.2, 0.25) is 0 Å². The largest absolute Gasteiger partial charge is 0.275 e. The molecular weight excluding hydrogens is 295 g/mol. The molecule has 0 fully saturated rings. The molecule has 0 amide bonds. The summed E-state index contributed by atoms with van der Waals surface area (Å²) in [6.07, 6.45) is 3.54. The number of rotatable bonds is 5. The van der Waals surface area contributed by atoms with Gasteiger partial charge in [-0.05, 0) is 30.5 Å². The molecule has 20 heavy (non-hydrogen) atoms. The molecule has 4 nitrogen and oxygen atoms in total. The van der Waals surface area contributed by atoms with E-state index in [1.807, 2.05) is 30.1 Å². The number of hydrogen-bond donors (Lipinski definition) is 2. The zero-order valence-corrected chi connectivity index (χ0v) is 13.0. The first-order valence-electron chi connectivity index (χ1n) is 6.47. The van der Waals surface area contributed by atoms with Gasteiger partial charge in [-0.1, -0.05) is 36.2 Å². The average Bonchev–Trinajstić information content (AvgIpc) is 2.79. The number of nitrogens with two attached hydrogens (primary N) is 1. The van der Waals surface area contributed by atoms with Crippen LogP contribution in [0.5, 0.6) is 0 Å². The summed E-state index contributed by atoms with van der Waals surface area (Å²) in [5, 5.41) is 5.73. The van der Waals surface area contributed by atoms with E-state index >= 15 is 0 Å². The molecule has 0 radical (unpaired) electrons. The van der Waals surface area contributed by atoms with Crippen LogP contribution in [0, 0.1) is 0 Å². The van der Waals surface area contributed by atoms with Gasteiger partial charge in [-0.2, -0.15) is 5.10 Å². The molecule has 3 N–H and O–H groups in total. The number of aryl methyl sites for hydroxylation is 2. The van der Waals surface area contributed by atoms with Crippen LogP contribution >= 0.6 is 23.2 Å². The maximum atomic E-state index is 6.22. The lowest BCUT2D eigenvalue weighted by atomic mass is 9.99. The topological polar surface area (TPSA) is 55.9 Å². The normalized spacial score (nSPS) is 12.7. The second kappa shape index (κ2) is 6.59. The molecule has 108 valence electrons. The zero-order valence-electron chi connectivity index (χ0n) is 11.5. The van der Waals surface area contributed by atoms with Crippen LogP contribution in [0.25, 0.3) is 0 Å². The Balaban J connectivity index is 2.28. The molecule has 0 aliphatic heterocycles. The van der Waals surface area contributed by atoms with Crippen molar-refractivity contribution in [3.8, 4) is 0 Å². The van der Waals surface area contributed by atoms with Crippen molar-refractivity contribution in [2.45, 2.75) is 25.8 Å². The van der Waals surface area contributed by atoms with Gasteiger partial charge in [0.05, 0.1) is 11.7 Å². The number of halogens is 2. The lowest BCUT2D eigenvalue weighted by Crippen LogP contribution is -2.30. The van der Waals surface area contributed by atoms with Crippen LogP contribution in [0.15, 0.2) is 24.4 Å². The van der Waals surface area contributed by atoms with Crippen molar-refractivity contribution in [2.75, 3.05) is 0 Å². The van der Waals surface area contributed by atoms with Gasteiger partial charge >= 0.3 is 0 Å². The van der Waals surface area contributed by atoms with Crippen molar-refractivity contribution in [3.63, 3.8) is 0 Å². The van der Waals surface area contributed by atoms with E-state index < -0.39 is 0 Å². The van der Waals surface area contributed by atoms with Gasteiger partial charge in [-0.3, -0.25) is 16.0 Å². The highest BCUT2D eigenvalue weighted by molar-refractivity contribution is 6.35. The molecule has 1 unspecified atom stereocenters. The fourth-order valence-corrected chi connectivity index (χ4v) is 2.77. The summed E-state index contributed by atoms with van der Waals surface area (Å²) < 4.78 is 1.81. The third-order valence-electron chi connectivity index (χ3n) is 3.29. The maximum Gasteiger partial charge on any atom is 0.0670 e. The minimum absolute atomic E-state index is 0.0303. The van der Waals surface area contributed by atoms with Crippen LogP contribution in [0.4, 0.5) is 0 Å². The molecule has 0 aliphatic rings. The lowest BCUT2D eigenvalue weighted by Gasteiger charge is -2.16. The molecule has 1 aromatic carbocycles. The summed E-state index contributed by atoms with van der Waals surface area (Å²) in [6, 6.07) is 5.48. The molecule has 2 rings (SSSR count). The zero-order chi connectivity index (χ0) is 14.7. The SMILES string of the molecule is CCc1nn(C)cc1C(Cc1ccc(Cl)cc1Cl)NN. The predicted octanol–water partition coefficient (Wildman–Crippen LogP) is 3.04. The number of nitrogens with one attached hydrogen (secondary N) is 1. The number of nitrogens with zero attached hydrogens (tertiary/aromatic N) is 2. The first-order valence-corrected chi connectivity index (χ1v) is 7.23. The second-order valence-corrected chi connectivity index (χ2v) is 5.56. The molecule has 0 bridgehead atoms. The van der Waals surface area contributed by atoms with Gasteiger partial charge in [-0.25, -0.2) is 0 Å². The van der Waals surface area contributed by atoms with E-state index in [0.29, 0.717) is 16.5 Å². The van der Waals surface area contributed by atoms with E-state index in [1.165, 1.54) is 0 Å². The highest BCUT2D eigenvalue weighted by Gasteiger charge is 2.18. The van der Waals surface area contributed by atoms with E-state index in [9.17, 15) is 0 Å². The number of benzene rings is 1. The molecule has 0 saturated heterocycles. The summed E-state index contributed by atoms with van der Waals surface area (Å²) in [5.74, 6) is 5.71. The van der Waals surface area contributed by atoms with Crippen LogP contribution in [-0.2, 0) is 19.9 Å². The van der Waals surface area contributed by atoms with Crippen molar-refractivity contribution in [2.24, 2.45) is 12.9 Å². The lowest BCUT2D eigenvalue weighted by molar-refractivity contribution is 0.547. The Kier molecular flexibility index (Phi) is 5.05. The first-order chi connectivity index (χ1) is 9.55. The van der Waals surface area contributed by atoms with Crippen LogP contribution in [0.1, 0.15) is 29.8 Å². The fraction of sp³-hybridized carbons (Fsp3) is 0.357. The van der Waals surface area contributed by atoms with E-state index in [0.717, 1.165) is 23.2 Å². The third-order valence-corrected chi connectivity index (χ3v) is 3.88. The fourth-order valence-electron chi connectivity index (χ4n) is 2.28. The second-order valence-electron chi connectivity index (χ2n) is 4.72. The number of hydrogen-bond acceptors (Lipinski definition) is 3. The third kappa shape index (κ3) is 3.33. The molecule has 1 aromatic heterocycles. The molecular formula is C14H18Cl2N4. The summed E-state index contributed by atoms with van der Waals surface area (Å²) >= 11 is 12.1. The van der Waals surface area contributed by atoms with Gasteiger partial charge in [0.15, 0.2) is 0 Å². The van der Waals surface area contributed by atoms with Gasteiger partial charge in [0, 0.05) is 28.9 Å². The highest BCUT2D eigenvalue weighted by Crippen LogP contribution is 2.27. The van der Waals surface area contributed by atoms with Gasteiger partial charge < -0.3 is 0 Å². The molecule has 6 heteroatoms. The summed E-state index contributed by atoms with van der Waals surface area (Å²) in [6.45, 7) is 2.08. The molecule has 1 heterocycles. The summed E-state index contributed by atoms with van der Waals surface area (Å²) in [5.41, 5.74) is 6.00. The first kappa shape index (κ1) is 15.3. The van der Waals surface area contributed by atoms with E-state index in [2.05, 4.69) is 17.4 Å². The Morgan fingerprint density at radius 3 is 2.75 bits per heavy atom. The van der Waals surface area contributed by atoms with Crippen molar-refractivity contribution < 1.29 is 0 Å². The summed E-state index contributed by atoms with van der Waals surface area (Å²) in [4.78, 5) is 0. The van der Waals surface area contributed by atoms with Crippen LogP contribution in [0.2, 0.25) is 10.0 Å². The minimum Gasteiger partial charge on any atom is -0.275 e. The molecule has 0 saturated carbocycles. The van der Waals surface area contributed by atoms with Crippen LogP contribution in [-0.4, -0.2) is 9.78 Å². The van der Waals surface area contributed by atoms with Crippen molar-refractivity contribution in [3.05, 3.63) is 51.3 Å². The quantitative estimate of drug-likeness (QED) is 0.659. The van der Waals surface area contributed by atoms with E-state index in [-0.39, 0.29) is 6.04 Å². The smallest absolute Gasteiger partial charge is 0.0670 e. The monoisotopic (exact) mass is 312 g/mol. The highest BCUT2D eigenvalue weighted by atomic mass is 35.5. The van der Waals surface area contributed by atoms with Gasteiger partial charge in [-0.15, -0.1) is 0 Å². The Morgan fingerprint density at radius 2 is 2.15 bits per heavy atom. The Hall–Kier alpha value is -1.07. The Labute approximate surface area is 128 Å². The molecule has 0 spiro atoms. The van der Waals surface area contributed by atoms with Crippen molar-refractivity contribution >= 4 is 23.2 Å². The van der Waals surface area contributed by atoms with Crippen molar-refractivity contribution in [1.29, 1.82) is 0 Å². The van der Waals surface area contributed by atoms with Crippen LogP contribution in [0.3, 0.4) is 0 Å². The van der Waals surface area contributed by atoms with Crippen molar-refractivity contribution in [1.82, 2.24) is 15.2 Å². The predicted molar refractivity (Wildman–Crippen MR) is 82.8 cm³/mol. The summed E-state index contributed by atoms with van der Waals surface area (Å²) in [7, 11) is 1.91. The molecule has 2 aromatic rings. The maximum absolute atomic E-state index is 6.22. The Morgan fingerprint density at radius 1 is 1.40 bits per heavy atom. The minimum atomic E-state index is -0.0303. The van der Waals surface area contributed by atoms with E-state index in [1.54, 1.807) is 6.07 Å².